The van der Waals surface area contributed by atoms with Crippen LogP contribution in [0.4, 0.5) is 18.4 Å². The first-order valence-corrected chi connectivity index (χ1v) is 14.5. The summed E-state index contributed by atoms with van der Waals surface area (Å²) >= 11 is 0. The minimum absolute atomic E-state index is 0.0525. The van der Waals surface area contributed by atoms with Crippen molar-refractivity contribution < 1.29 is 41.7 Å². The number of hydrogen-bond acceptors (Lipinski definition) is 8. The number of fused-ring (bicyclic) bond motifs is 1. The Labute approximate surface area is 255 Å². The second-order valence-electron chi connectivity index (χ2n) is 10.9. The van der Waals surface area contributed by atoms with Crippen LogP contribution in [0.5, 0.6) is 0 Å². The van der Waals surface area contributed by atoms with Crippen LogP contribution in [0.1, 0.15) is 61.7 Å². The van der Waals surface area contributed by atoms with Gasteiger partial charge in [0.2, 0.25) is 11.8 Å². The lowest BCUT2D eigenvalue weighted by molar-refractivity contribution is -0.117. The molecule has 3 aromatic rings. The Morgan fingerprint density at radius 3 is 2.39 bits per heavy atom. The minimum Gasteiger partial charge on any atom is -0.445 e. The number of ether oxygens (including phenoxy) is 4. The Hall–Kier alpha value is -3.81. The molecule has 13 heteroatoms. The number of rotatable bonds is 13. The highest BCUT2D eigenvalue weighted by atomic mass is 19.3. The Kier molecular flexibility index (Phi) is 11.5. The summed E-state index contributed by atoms with van der Waals surface area (Å²) in [7, 11) is 4.49. The predicted molar refractivity (Wildman–Crippen MR) is 157 cm³/mol. The number of carbonyl (C=O) groups is 2. The van der Waals surface area contributed by atoms with E-state index in [1.807, 2.05) is 30.3 Å². The molecule has 2 unspecified atom stereocenters. The summed E-state index contributed by atoms with van der Waals surface area (Å²) in [6.07, 6.45) is -1.55. The van der Waals surface area contributed by atoms with Gasteiger partial charge >= 0.3 is 12.1 Å². The standard InChI is InChI=1S/C31H40F2N4O7/c1-19(28(41-3)42-4)34-29(38)36-24(18-40-2)22-10-11-25-23(16-22)35-27(44-25)26(21-12-14-31(32,33)15-13-21)37-30(39)43-17-20-8-6-5-7-9-20/h5-11,16,19,21,24,26,28H,12-15,17-18H2,1-4H3,(H,37,39)(H2,34,36,38)/t19?,24?,26-/m0/s1. The summed E-state index contributed by atoms with van der Waals surface area (Å²) in [6, 6.07) is 12.2. The average Bonchev–Trinajstić information content (AvgIpc) is 3.43. The molecule has 44 heavy (non-hydrogen) atoms. The monoisotopic (exact) mass is 618 g/mol. The van der Waals surface area contributed by atoms with E-state index >= 15 is 0 Å². The number of alkyl carbamates (subject to hydrolysis) is 1. The highest BCUT2D eigenvalue weighted by molar-refractivity contribution is 5.76. The van der Waals surface area contributed by atoms with Crippen LogP contribution in [0.25, 0.3) is 11.1 Å². The number of nitrogens with zero attached hydrogens (tertiary/aromatic N) is 1. The zero-order valence-electron chi connectivity index (χ0n) is 25.3. The van der Waals surface area contributed by atoms with Gasteiger partial charge in [-0.3, -0.25) is 0 Å². The summed E-state index contributed by atoms with van der Waals surface area (Å²) in [5.74, 6) is -2.88. The number of alkyl halides is 2. The molecule has 3 N–H and O–H groups in total. The highest BCUT2D eigenvalue weighted by Crippen LogP contribution is 2.42. The van der Waals surface area contributed by atoms with Crippen molar-refractivity contribution in [3.8, 4) is 0 Å². The third-order valence-corrected chi connectivity index (χ3v) is 7.69. The van der Waals surface area contributed by atoms with Crippen LogP contribution in [-0.4, -0.2) is 63.3 Å². The third-order valence-electron chi connectivity index (χ3n) is 7.69. The maximum absolute atomic E-state index is 14.0. The molecule has 3 amide bonds. The van der Waals surface area contributed by atoms with Gasteiger partial charge in [0.1, 0.15) is 18.2 Å². The number of hydrogen-bond donors (Lipinski definition) is 3. The Bertz CT molecular complexity index is 1360. The smallest absolute Gasteiger partial charge is 0.408 e. The first kappa shape index (κ1) is 33.1. The van der Waals surface area contributed by atoms with Gasteiger partial charge in [-0.1, -0.05) is 36.4 Å². The van der Waals surface area contributed by atoms with Crippen molar-refractivity contribution in [2.45, 2.75) is 69.6 Å². The van der Waals surface area contributed by atoms with Crippen molar-refractivity contribution in [2.24, 2.45) is 5.92 Å². The van der Waals surface area contributed by atoms with Crippen molar-refractivity contribution in [3.63, 3.8) is 0 Å². The van der Waals surface area contributed by atoms with Gasteiger partial charge < -0.3 is 39.3 Å². The zero-order chi connectivity index (χ0) is 31.7. The molecule has 1 fully saturated rings. The molecule has 0 spiro atoms. The van der Waals surface area contributed by atoms with Crippen molar-refractivity contribution in [1.29, 1.82) is 0 Å². The van der Waals surface area contributed by atoms with E-state index in [4.69, 9.17) is 23.4 Å². The summed E-state index contributed by atoms with van der Waals surface area (Å²) in [5, 5.41) is 8.48. The zero-order valence-corrected chi connectivity index (χ0v) is 25.3. The molecule has 2 aromatic carbocycles. The van der Waals surface area contributed by atoms with E-state index in [0.717, 1.165) is 5.56 Å². The van der Waals surface area contributed by atoms with E-state index in [-0.39, 0.29) is 50.7 Å². The fourth-order valence-electron chi connectivity index (χ4n) is 5.35. The molecule has 1 heterocycles. The van der Waals surface area contributed by atoms with Crippen LogP contribution in [0, 0.1) is 5.92 Å². The predicted octanol–water partition coefficient (Wildman–Crippen LogP) is 5.61. The maximum atomic E-state index is 14.0. The maximum Gasteiger partial charge on any atom is 0.408 e. The van der Waals surface area contributed by atoms with E-state index in [0.29, 0.717) is 16.7 Å². The van der Waals surface area contributed by atoms with Crippen molar-refractivity contribution in [1.82, 2.24) is 20.9 Å². The quantitative estimate of drug-likeness (QED) is 0.211. The summed E-state index contributed by atoms with van der Waals surface area (Å²) in [5.41, 5.74) is 2.41. The van der Waals surface area contributed by atoms with E-state index in [9.17, 15) is 18.4 Å². The molecule has 1 aliphatic carbocycles. The van der Waals surface area contributed by atoms with E-state index in [1.54, 1.807) is 25.1 Å². The number of nitrogens with one attached hydrogen (secondary N) is 3. The first-order chi connectivity index (χ1) is 21.1. The number of aromatic nitrogens is 1. The average molecular weight is 619 g/mol. The third kappa shape index (κ3) is 8.87. The van der Waals surface area contributed by atoms with Crippen LogP contribution in [0.15, 0.2) is 52.9 Å². The number of carbonyl (C=O) groups excluding carboxylic acids is 2. The molecule has 1 aromatic heterocycles. The van der Waals surface area contributed by atoms with Gasteiger partial charge in [0, 0.05) is 34.2 Å². The second kappa shape index (κ2) is 15.3. The van der Waals surface area contributed by atoms with Gasteiger partial charge in [-0.15, -0.1) is 0 Å². The van der Waals surface area contributed by atoms with Gasteiger partial charge in [-0.05, 0) is 48.9 Å². The van der Waals surface area contributed by atoms with Crippen LogP contribution >= 0.6 is 0 Å². The highest BCUT2D eigenvalue weighted by Gasteiger charge is 2.40. The lowest BCUT2D eigenvalue weighted by Crippen LogP contribution is -2.48. The molecule has 3 atom stereocenters. The van der Waals surface area contributed by atoms with Gasteiger partial charge in [-0.2, -0.15) is 0 Å². The fourth-order valence-corrected chi connectivity index (χ4v) is 5.35. The number of oxazole rings is 1. The molecule has 0 bridgehead atoms. The van der Waals surface area contributed by atoms with Gasteiger partial charge in [0.15, 0.2) is 11.9 Å². The number of benzene rings is 2. The number of amides is 3. The second-order valence-corrected chi connectivity index (χ2v) is 10.9. The van der Waals surface area contributed by atoms with Crippen LogP contribution in [0.2, 0.25) is 0 Å². The SMILES string of the molecule is COCC(NC(=O)NC(C)C(OC)OC)c1ccc2oc([C@@H](NC(=O)OCc3ccccc3)C3CCC(F)(F)CC3)nc2c1. The molecule has 0 aliphatic heterocycles. The summed E-state index contributed by atoms with van der Waals surface area (Å²) in [6.45, 7) is 1.97. The van der Waals surface area contributed by atoms with E-state index in [2.05, 4.69) is 20.9 Å². The van der Waals surface area contributed by atoms with Gasteiger partial charge in [0.05, 0.1) is 18.7 Å². The Balaban J connectivity index is 1.52. The molecule has 1 aliphatic rings. The normalized spacial score (nSPS) is 17.2. The first-order valence-electron chi connectivity index (χ1n) is 14.5. The fraction of sp³-hybridized carbons (Fsp3) is 0.516. The van der Waals surface area contributed by atoms with E-state index < -0.39 is 42.5 Å². The molecular weight excluding hydrogens is 578 g/mol. The lowest BCUT2D eigenvalue weighted by atomic mass is 9.82. The van der Waals surface area contributed by atoms with Crippen LogP contribution < -0.4 is 16.0 Å². The minimum atomic E-state index is -2.74. The van der Waals surface area contributed by atoms with Crippen LogP contribution in [0.3, 0.4) is 0 Å². The van der Waals surface area contributed by atoms with Gasteiger partial charge in [-0.25, -0.2) is 23.4 Å². The molecule has 4 rings (SSSR count). The topological polar surface area (TPSA) is 133 Å². The van der Waals surface area contributed by atoms with E-state index in [1.165, 1.54) is 21.3 Å². The van der Waals surface area contributed by atoms with Crippen molar-refractivity contribution in [3.05, 3.63) is 65.5 Å². The van der Waals surface area contributed by atoms with Crippen LogP contribution in [-0.2, 0) is 25.6 Å². The summed E-state index contributed by atoms with van der Waals surface area (Å²) in [4.78, 5) is 30.2. The molecular formula is C31H40F2N4O7. The molecule has 0 saturated heterocycles. The molecule has 1 saturated carbocycles. The lowest BCUT2D eigenvalue weighted by Gasteiger charge is -2.32. The van der Waals surface area contributed by atoms with Crippen molar-refractivity contribution in [2.75, 3.05) is 27.9 Å². The van der Waals surface area contributed by atoms with Crippen molar-refractivity contribution >= 4 is 23.2 Å². The molecule has 0 radical (unpaired) electrons. The van der Waals surface area contributed by atoms with Gasteiger partial charge in [0.25, 0.3) is 0 Å². The molecule has 11 nitrogen and oxygen atoms in total. The molecule has 240 valence electrons. The largest absolute Gasteiger partial charge is 0.445 e. The Morgan fingerprint density at radius 2 is 1.73 bits per heavy atom. The Morgan fingerprint density at radius 1 is 1.02 bits per heavy atom. The number of methoxy groups -OCH3 is 3. The number of urea groups is 1. The summed E-state index contributed by atoms with van der Waals surface area (Å²) < 4.78 is 55.2. The number of halogens is 2.